The highest BCUT2D eigenvalue weighted by Gasteiger charge is 2.30. The summed E-state index contributed by atoms with van der Waals surface area (Å²) in [5, 5.41) is 0. The van der Waals surface area contributed by atoms with E-state index >= 15 is 0 Å². The van der Waals surface area contributed by atoms with Gasteiger partial charge in [0.15, 0.2) is 5.96 Å². The summed E-state index contributed by atoms with van der Waals surface area (Å²) in [6, 6.07) is 8.33. The van der Waals surface area contributed by atoms with Crippen molar-refractivity contribution in [1.29, 1.82) is 0 Å². The van der Waals surface area contributed by atoms with Crippen LogP contribution in [0.15, 0.2) is 53.1 Å². The number of sulfonamides is 1. The minimum absolute atomic E-state index is 0.0771. The Morgan fingerprint density at radius 2 is 1.83 bits per heavy atom. The molecule has 2 aliphatic rings. The van der Waals surface area contributed by atoms with E-state index in [0.29, 0.717) is 38.0 Å². The number of piperidine rings is 1. The minimum atomic E-state index is -3.19. The van der Waals surface area contributed by atoms with Gasteiger partial charge in [-0.1, -0.05) is 43.4 Å². The van der Waals surface area contributed by atoms with Crippen LogP contribution in [0.3, 0.4) is 0 Å². The van der Waals surface area contributed by atoms with Crippen molar-refractivity contribution in [3.63, 3.8) is 0 Å². The van der Waals surface area contributed by atoms with E-state index in [9.17, 15) is 13.2 Å². The lowest BCUT2D eigenvalue weighted by Gasteiger charge is -2.39. The largest absolute Gasteiger partial charge is 0.370 e. The second kappa shape index (κ2) is 9.01. The summed E-state index contributed by atoms with van der Waals surface area (Å²) in [6.07, 6.45) is 8.26. The number of nitrogens with two attached hydrogens (primary N) is 2. The Kier molecular flexibility index (Phi) is 6.62. The first-order valence-corrected chi connectivity index (χ1v) is 11.8. The zero-order valence-electron chi connectivity index (χ0n) is 17.4. The maximum atomic E-state index is 12.4. The van der Waals surface area contributed by atoms with Crippen LogP contribution in [0.25, 0.3) is 0 Å². The molecule has 8 nitrogen and oxygen atoms in total. The monoisotopic (exact) mass is 431 g/mol. The second-order valence-electron chi connectivity index (χ2n) is 7.75. The van der Waals surface area contributed by atoms with Crippen molar-refractivity contribution in [3.05, 3.63) is 53.6 Å². The van der Waals surface area contributed by atoms with Crippen LogP contribution in [0.5, 0.6) is 0 Å². The molecule has 9 heteroatoms. The van der Waals surface area contributed by atoms with Crippen LogP contribution in [-0.4, -0.2) is 56.5 Å². The number of allylic oxidation sites excluding steroid dienone is 1. The summed E-state index contributed by atoms with van der Waals surface area (Å²) < 4.78 is 25.3. The Labute approximate surface area is 178 Å². The van der Waals surface area contributed by atoms with Crippen LogP contribution in [0.2, 0.25) is 0 Å². The van der Waals surface area contributed by atoms with Gasteiger partial charge in [-0.15, -0.1) is 0 Å². The highest BCUT2D eigenvalue weighted by molar-refractivity contribution is 7.88. The van der Waals surface area contributed by atoms with Gasteiger partial charge in [0.1, 0.15) is 0 Å². The van der Waals surface area contributed by atoms with Crippen molar-refractivity contribution in [2.45, 2.75) is 31.7 Å². The highest BCUT2D eigenvalue weighted by atomic mass is 32.2. The Morgan fingerprint density at radius 3 is 2.47 bits per heavy atom. The Morgan fingerprint density at radius 1 is 1.17 bits per heavy atom. The van der Waals surface area contributed by atoms with E-state index in [-0.39, 0.29) is 17.9 Å². The van der Waals surface area contributed by atoms with Crippen molar-refractivity contribution in [2.75, 3.05) is 30.8 Å². The molecule has 0 aliphatic carbocycles. The lowest BCUT2D eigenvalue weighted by molar-refractivity contribution is -0.114. The quantitative estimate of drug-likeness (QED) is 0.550. The summed E-state index contributed by atoms with van der Waals surface area (Å²) in [5.74, 6) is -0.667. The lowest BCUT2D eigenvalue weighted by atomic mass is 9.96. The molecule has 30 heavy (non-hydrogen) atoms. The Bertz CT molecular complexity index is 988. The molecule has 1 atom stereocenters. The lowest BCUT2D eigenvalue weighted by Crippen LogP contribution is -2.47. The van der Waals surface area contributed by atoms with E-state index in [4.69, 9.17) is 11.5 Å². The third-order valence-corrected chi connectivity index (χ3v) is 6.92. The summed E-state index contributed by atoms with van der Waals surface area (Å²) in [7, 11) is -3.19. The molecule has 4 N–H and O–H groups in total. The average molecular weight is 432 g/mol. The maximum absolute atomic E-state index is 12.4. The molecule has 0 saturated carbocycles. The Balaban J connectivity index is 1.95. The van der Waals surface area contributed by atoms with Gasteiger partial charge in [-0.2, -0.15) is 4.99 Å². The van der Waals surface area contributed by atoms with E-state index < -0.39 is 15.9 Å². The molecular weight excluding hydrogens is 402 g/mol. The van der Waals surface area contributed by atoms with Crippen LogP contribution >= 0.6 is 0 Å². The first-order valence-electron chi connectivity index (χ1n) is 10.00. The van der Waals surface area contributed by atoms with Crippen LogP contribution in [0.4, 0.5) is 5.69 Å². The van der Waals surface area contributed by atoms with E-state index in [2.05, 4.69) is 28.9 Å². The smallest absolute Gasteiger partial charge is 0.279 e. The standard InChI is InChI=1S/C21H29N5O3S/c1-15-7-8-16(20(27)24-21(22)23)9-14-26(19-6-4-3-5-18(15)19)17-10-12-25(13-11-17)30(2,28)29/h3-9,15,17H,10-14H2,1-2H3,(H4,22,23,24,27)/b8-7-,16-9+. The predicted octanol–water partition coefficient (Wildman–Crippen LogP) is 1.32. The number of guanidine groups is 1. The van der Waals surface area contributed by atoms with Crippen molar-refractivity contribution in [3.8, 4) is 0 Å². The highest BCUT2D eigenvalue weighted by Crippen LogP contribution is 2.33. The van der Waals surface area contributed by atoms with Gasteiger partial charge in [-0.3, -0.25) is 4.79 Å². The minimum Gasteiger partial charge on any atom is -0.370 e. The van der Waals surface area contributed by atoms with E-state index in [1.807, 2.05) is 24.3 Å². The molecule has 1 aromatic carbocycles. The molecule has 2 heterocycles. The first-order chi connectivity index (χ1) is 14.2. The average Bonchev–Trinajstić information content (AvgIpc) is 2.75. The van der Waals surface area contributed by atoms with Crippen LogP contribution in [-0.2, 0) is 14.8 Å². The van der Waals surface area contributed by atoms with Gasteiger partial charge in [-0.25, -0.2) is 12.7 Å². The molecule has 0 aromatic heterocycles. The van der Waals surface area contributed by atoms with Gasteiger partial charge >= 0.3 is 0 Å². The van der Waals surface area contributed by atoms with Gasteiger partial charge < -0.3 is 16.4 Å². The number of amides is 1. The number of rotatable bonds is 3. The van der Waals surface area contributed by atoms with Gasteiger partial charge in [0, 0.05) is 42.9 Å². The number of carbonyl (C=O) groups is 1. The summed E-state index contributed by atoms with van der Waals surface area (Å²) in [6.45, 7) is 3.55. The fourth-order valence-electron chi connectivity index (χ4n) is 4.02. The maximum Gasteiger partial charge on any atom is 0.279 e. The van der Waals surface area contributed by atoms with Crippen molar-refractivity contribution < 1.29 is 13.2 Å². The van der Waals surface area contributed by atoms with Crippen molar-refractivity contribution in [1.82, 2.24) is 4.31 Å². The number of fused-ring (bicyclic) bond motifs is 1. The zero-order chi connectivity index (χ0) is 21.9. The van der Waals surface area contributed by atoms with Gasteiger partial charge in [0.05, 0.1) is 6.26 Å². The summed E-state index contributed by atoms with van der Waals surface area (Å²) in [5.41, 5.74) is 13.4. The molecule has 1 aromatic rings. The topological polar surface area (TPSA) is 122 Å². The van der Waals surface area contributed by atoms with Crippen molar-refractivity contribution >= 4 is 27.6 Å². The molecule has 0 radical (unpaired) electrons. The number of anilines is 1. The number of benzene rings is 1. The van der Waals surface area contributed by atoms with Crippen LogP contribution < -0.4 is 16.4 Å². The molecule has 1 amide bonds. The number of hydrogen-bond acceptors (Lipinski definition) is 4. The number of aliphatic imine (C=N–C) groups is 1. The first kappa shape index (κ1) is 22.0. The van der Waals surface area contributed by atoms with E-state index in [1.165, 1.54) is 10.6 Å². The number of carbonyl (C=O) groups excluding carboxylic acids is 1. The molecule has 162 valence electrons. The number of para-hydroxylation sites is 1. The molecule has 0 bridgehead atoms. The van der Waals surface area contributed by atoms with Crippen molar-refractivity contribution in [2.24, 2.45) is 16.5 Å². The molecule has 1 saturated heterocycles. The predicted molar refractivity (Wildman–Crippen MR) is 120 cm³/mol. The normalized spacial score (nSPS) is 23.9. The van der Waals surface area contributed by atoms with Gasteiger partial charge in [0.2, 0.25) is 10.0 Å². The van der Waals surface area contributed by atoms with Crippen LogP contribution in [0, 0.1) is 0 Å². The zero-order valence-corrected chi connectivity index (χ0v) is 18.2. The molecule has 1 unspecified atom stereocenters. The number of nitrogens with zero attached hydrogens (tertiary/aromatic N) is 3. The Hall–Kier alpha value is -2.65. The van der Waals surface area contributed by atoms with Gasteiger partial charge in [-0.05, 0) is 24.5 Å². The summed E-state index contributed by atoms with van der Waals surface area (Å²) in [4.78, 5) is 18.4. The molecular formula is C21H29N5O3S. The summed E-state index contributed by atoms with van der Waals surface area (Å²) >= 11 is 0. The third-order valence-electron chi connectivity index (χ3n) is 5.62. The number of hydrogen-bond donors (Lipinski definition) is 2. The molecule has 0 spiro atoms. The molecule has 2 aliphatic heterocycles. The fourth-order valence-corrected chi connectivity index (χ4v) is 4.89. The fraction of sp³-hybridized carbons (Fsp3) is 0.429. The van der Waals surface area contributed by atoms with Gasteiger partial charge in [0.25, 0.3) is 5.91 Å². The van der Waals surface area contributed by atoms with Crippen LogP contribution in [0.1, 0.15) is 31.2 Å². The van der Waals surface area contributed by atoms with E-state index in [0.717, 1.165) is 11.3 Å². The molecule has 1 fully saturated rings. The molecule has 3 rings (SSSR count). The SMILES string of the molecule is CC1/C=C\C(C(=O)N=C(N)N)=C/CN(C2CCN(S(C)(=O)=O)CC2)c2ccccc21. The van der Waals surface area contributed by atoms with E-state index in [1.54, 1.807) is 6.08 Å². The second-order valence-corrected chi connectivity index (χ2v) is 9.74. The third kappa shape index (κ3) is 5.09.